The highest BCUT2D eigenvalue weighted by atomic mass is 35.5. The fourth-order valence-electron chi connectivity index (χ4n) is 2.37. The van der Waals surface area contributed by atoms with E-state index in [9.17, 15) is 10.1 Å². The third kappa shape index (κ3) is 3.72. The maximum atomic E-state index is 12.0. The minimum absolute atomic E-state index is 0.0162. The van der Waals surface area contributed by atoms with Crippen LogP contribution in [0.25, 0.3) is 11.1 Å². The summed E-state index contributed by atoms with van der Waals surface area (Å²) < 4.78 is 11.4. The van der Waals surface area contributed by atoms with Crippen LogP contribution in [0.1, 0.15) is 32.0 Å². The Kier molecular flexibility index (Phi) is 5.53. The number of aromatic nitrogens is 1. The molecule has 0 aliphatic heterocycles. The number of halogens is 1. The number of H-pyrrole nitrogens is 1. The van der Waals surface area contributed by atoms with Crippen LogP contribution in [0.2, 0.25) is 5.02 Å². The van der Waals surface area contributed by atoms with Crippen molar-refractivity contribution in [1.29, 1.82) is 5.26 Å². The Bertz CT molecular complexity index is 851. The zero-order valence-corrected chi connectivity index (χ0v) is 14.8. The predicted molar refractivity (Wildman–Crippen MR) is 93.9 cm³/mol. The molecule has 126 valence electrons. The Morgan fingerprint density at radius 2 is 1.96 bits per heavy atom. The summed E-state index contributed by atoms with van der Waals surface area (Å²) >= 11 is 6.40. The zero-order chi connectivity index (χ0) is 17.9. The first-order valence-electron chi connectivity index (χ1n) is 7.64. The first kappa shape index (κ1) is 17.9. The molecule has 0 bridgehead atoms. The van der Waals surface area contributed by atoms with Gasteiger partial charge < -0.3 is 14.5 Å². The number of pyridine rings is 1. The van der Waals surface area contributed by atoms with Crippen molar-refractivity contribution in [3.63, 3.8) is 0 Å². The predicted octanol–water partition coefficient (Wildman–Crippen LogP) is 4.06. The van der Waals surface area contributed by atoms with Gasteiger partial charge in [0.05, 0.1) is 17.7 Å². The van der Waals surface area contributed by atoms with Gasteiger partial charge in [-0.05, 0) is 39.8 Å². The lowest BCUT2D eigenvalue weighted by molar-refractivity contribution is 0.224. The van der Waals surface area contributed by atoms with Crippen LogP contribution in [-0.4, -0.2) is 17.7 Å². The molecule has 2 aromatic rings. The van der Waals surface area contributed by atoms with Crippen molar-refractivity contribution in [1.82, 2.24) is 4.98 Å². The van der Waals surface area contributed by atoms with Crippen LogP contribution in [0.3, 0.4) is 0 Å². The number of nitriles is 1. The molecule has 5 nitrogen and oxygen atoms in total. The van der Waals surface area contributed by atoms with E-state index in [2.05, 4.69) is 4.98 Å². The minimum atomic E-state index is -0.441. The summed E-state index contributed by atoms with van der Waals surface area (Å²) in [4.78, 5) is 14.6. The molecule has 24 heavy (non-hydrogen) atoms. The summed E-state index contributed by atoms with van der Waals surface area (Å²) in [6.45, 7) is 7.89. The molecule has 2 rings (SSSR count). The van der Waals surface area contributed by atoms with Crippen molar-refractivity contribution < 1.29 is 9.47 Å². The molecule has 0 radical (unpaired) electrons. The van der Waals surface area contributed by atoms with Gasteiger partial charge in [0, 0.05) is 22.9 Å². The summed E-state index contributed by atoms with van der Waals surface area (Å²) in [6, 6.07) is 7.02. The number of aryl methyl sites for hydroxylation is 1. The number of ether oxygens (including phenoxy) is 2. The van der Waals surface area contributed by atoms with E-state index < -0.39 is 5.56 Å². The molecule has 1 aromatic carbocycles. The van der Waals surface area contributed by atoms with Gasteiger partial charge >= 0.3 is 0 Å². The minimum Gasteiger partial charge on any atom is -0.490 e. The van der Waals surface area contributed by atoms with E-state index in [0.717, 1.165) is 0 Å². The van der Waals surface area contributed by atoms with Crippen LogP contribution in [0.15, 0.2) is 23.0 Å². The van der Waals surface area contributed by atoms with Gasteiger partial charge in [-0.25, -0.2) is 0 Å². The van der Waals surface area contributed by atoms with Crippen molar-refractivity contribution in [3.8, 4) is 28.7 Å². The second-order valence-electron chi connectivity index (χ2n) is 5.56. The van der Waals surface area contributed by atoms with Crippen LogP contribution in [-0.2, 0) is 0 Å². The standard InChI is InChI=1S/C18H19ClN2O3/c1-5-23-16-7-13(15(19)8-17(16)24-10(2)3)12-6-11(4)21-18(22)14(12)9-20/h6-8,10H,5H2,1-4H3,(H,21,22). The fraction of sp³-hybridized carbons (Fsp3) is 0.333. The van der Waals surface area contributed by atoms with Crippen molar-refractivity contribution in [2.24, 2.45) is 0 Å². The Labute approximate surface area is 145 Å². The van der Waals surface area contributed by atoms with E-state index in [1.54, 1.807) is 25.1 Å². The molecule has 1 heterocycles. The van der Waals surface area contributed by atoms with E-state index in [4.69, 9.17) is 21.1 Å². The number of benzene rings is 1. The van der Waals surface area contributed by atoms with Crippen LogP contribution in [0.4, 0.5) is 0 Å². The highest BCUT2D eigenvalue weighted by Gasteiger charge is 2.18. The van der Waals surface area contributed by atoms with Crippen LogP contribution >= 0.6 is 11.6 Å². The fourth-order valence-corrected chi connectivity index (χ4v) is 2.62. The normalized spacial score (nSPS) is 10.5. The molecule has 1 aromatic heterocycles. The third-order valence-corrected chi connectivity index (χ3v) is 3.58. The molecule has 0 atom stereocenters. The van der Waals surface area contributed by atoms with E-state index in [1.165, 1.54) is 0 Å². The van der Waals surface area contributed by atoms with Gasteiger partial charge in [-0.1, -0.05) is 11.6 Å². The highest BCUT2D eigenvalue weighted by Crippen LogP contribution is 2.39. The average Bonchev–Trinajstić information content (AvgIpc) is 2.48. The van der Waals surface area contributed by atoms with Gasteiger partial charge in [-0.2, -0.15) is 5.26 Å². The number of rotatable bonds is 5. The summed E-state index contributed by atoms with van der Waals surface area (Å²) in [7, 11) is 0. The Morgan fingerprint density at radius 3 is 2.54 bits per heavy atom. The zero-order valence-electron chi connectivity index (χ0n) is 14.1. The maximum Gasteiger partial charge on any atom is 0.266 e. The smallest absolute Gasteiger partial charge is 0.266 e. The lowest BCUT2D eigenvalue weighted by atomic mass is 10.0. The molecule has 0 aliphatic carbocycles. The van der Waals surface area contributed by atoms with Crippen molar-refractivity contribution in [2.45, 2.75) is 33.8 Å². The molecule has 0 amide bonds. The summed E-state index contributed by atoms with van der Waals surface area (Å²) in [5.74, 6) is 1.05. The van der Waals surface area contributed by atoms with Gasteiger partial charge in [0.1, 0.15) is 11.6 Å². The van der Waals surface area contributed by atoms with Crippen LogP contribution in [0, 0.1) is 18.3 Å². The highest BCUT2D eigenvalue weighted by molar-refractivity contribution is 6.33. The average molecular weight is 347 g/mol. The van der Waals surface area contributed by atoms with Crippen LogP contribution < -0.4 is 15.0 Å². The number of hydrogen-bond donors (Lipinski definition) is 1. The van der Waals surface area contributed by atoms with Crippen molar-refractivity contribution in [3.05, 3.63) is 44.8 Å². The van der Waals surface area contributed by atoms with Gasteiger partial charge in [0.15, 0.2) is 11.5 Å². The summed E-state index contributed by atoms with van der Waals surface area (Å²) in [5, 5.41) is 9.70. The lowest BCUT2D eigenvalue weighted by Crippen LogP contribution is -2.13. The second kappa shape index (κ2) is 7.41. The van der Waals surface area contributed by atoms with Crippen LogP contribution in [0.5, 0.6) is 11.5 Å². The largest absolute Gasteiger partial charge is 0.490 e. The van der Waals surface area contributed by atoms with E-state index in [-0.39, 0.29) is 11.7 Å². The van der Waals surface area contributed by atoms with Crippen molar-refractivity contribution in [2.75, 3.05) is 6.61 Å². The molecule has 0 saturated heterocycles. The van der Waals surface area contributed by atoms with E-state index >= 15 is 0 Å². The summed E-state index contributed by atoms with van der Waals surface area (Å²) in [5.41, 5.74) is 1.25. The maximum absolute atomic E-state index is 12.0. The molecular formula is C18H19ClN2O3. The quantitative estimate of drug-likeness (QED) is 0.885. The molecule has 0 saturated carbocycles. The van der Waals surface area contributed by atoms with E-state index in [0.29, 0.717) is 39.9 Å². The molecule has 0 aliphatic rings. The van der Waals surface area contributed by atoms with Gasteiger partial charge in [0.2, 0.25) is 0 Å². The second-order valence-corrected chi connectivity index (χ2v) is 5.97. The van der Waals surface area contributed by atoms with E-state index in [1.807, 2.05) is 26.8 Å². The first-order chi connectivity index (χ1) is 11.4. The summed E-state index contributed by atoms with van der Waals surface area (Å²) in [6.07, 6.45) is -0.0393. The third-order valence-electron chi connectivity index (χ3n) is 3.27. The molecule has 6 heteroatoms. The SMILES string of the molecule is CCOc1cc(-c2cc(C)[nH]c(=O)c2C#N)c(Cl)cc1OC(C)C. The van der Waals surface area contributed by atoms with Gasteiger partial charge in [-0.3, -0.25) is 4.79 Å². The number of nitrogens with zero attached hydrogens (tertiary/aromatic N) is 1. The van der Waals surface area contributed by atoms with Gasteiger partial charge in [0.25, 0.3) is 5.56 Å². The molecular weight excluding hydrogens is 328 g/mol. The molecule has 0 unspecified atom stereocenters. The number of nitrogens with one attached hydrogen (secondary N) is 1. The molecule has 1 N–H and O–H groups in total. The monoisotopic (exact) mass is 346 g/mol. The lowest BCUT2D eigenvalue weighted by Gasteiger charge is -2.17. The van der Waals surface area contributed by atoms with Crippen molar-refractivity contribution >= 4 is 11.6 Å². The molecule has 0 fully saturated rings. The Balaban J connectivity index is 2.70. The number of hydrogen-bond acceptors (Lipinski definition) is 4. The number of aromatic amines is 1. The Hall–Kier alpha value is -2.45. The first-order valence-corrected chi connectivity index (χ1v) is 8.02. The Morgan fingerprint density at radius 1 is 1.25 bits per heavy atom. The van der Waals surface area contributed by atoms with Gasteiger partial charge in [-0.15, -0.1) is 0 Å². The topological polar surface area (TPSA) is 75.1 Å². The molecule has 0 spiro atoms.